The smallest absolute Gasteiger partial charge is 0.218 e. The molecule has 0 unspecified atom stereocenters. The van der Waals surface area contributed by atoms with Crippen molar-refractivity contribution < 1.29 is 4.74 Å². The van der Waals surface area contributed by atoms with Gasteiger partial charge in [-0.15, -0.1) is 0 Å². The number of hydrogen-bond donors (Lipinski definition) is 0. The van der Waals surface area contributed by atoms with Crippen molar-refractivity contribution in [1.82, 2.24) is 19.9 Å². The molecule has 2 aliphatic carbocycles. The third kappa shape index (κ3) is 3.27. The van der Waals surface area contributed by atoms with Crippen LogP contribution in [0.3, 0.4) is 0 Å². The average molecular weight is 380 g/mol. The molecule has 0 radical (unpaired) electrons. The fourth-order valence-corrected chi connectivity index (χ4v) is 4.76. The number of nitrogens with zero attached hydrogens (tertiary/aromatic N) is 6. The minimum atomic E-state index is 0.513. The molecule has 1 saturated heterocycles. The Morgan fingerprint density at radius 3 is 2.57 bits per heavy atom. The van der Waals surface area contributed by atoms with E-state index in [9.17, 15) is 0 Å². The molecule has 0 atom stereocenters. The van der Waals surface area contributed by atoms with E-state index in [1.54, 1.807) is 13.4 Å². The molecule has 3 aliphatic rings. The molecule has 2 aromatic rings. The Kier molecular flexibility index (Phi) is 4.53. The fraction of sp³-hybridized carbons (Fsp3) is 0.619. The lowest BCUT2D eigenvalue weighted by molar-refractivity contribution is 0.395. The second kappa shape index (κ2) is 7.18. The summed E-state index contributed by atoms with van der Waals surface area (Å²) in [5.74, 6) is 3.75. The van der Waals surface area contributed by atoms with Crippen LogP contribution in [0.25, 0.3) is 0 Å². The first kappa shape index (κ1) is 17.6. The summed E-state index contributed by atoms with van der Waals surface area (Å²) in [4.78, 5) is 23.2. The Hall–Kier alpha value is -2.44. The van der Waals surface area contributed by atoms with E-state index < -0.39 is 0 Å². The lowest BCUT2D eigenvalue weighted by Gasteiger charge is -2.40. The van der Waals surface area contributed by atoms with Crippen LogP contribution >= 0.6 is 0 Å². The maximum absolute atomic E-state index is 5.32. The Labute approximate surface area is 166 Å². The Bertz CT molecular complexity index is 860. The van der Waals surface area contributed by atoms with E-state index in [0.29, 0.717) is 18.0 Å². The molecule has 0 amide bonds. The van der Waals surface area contributed by atoms with Crippen LogP contribution in [-0.2, 0) is 12.8 Å². The average Bonchev–Trinajstić information content (AvgIpc) is 3.44. The SMILES string of the molecule is COc1cc(N(C2CC2)C2CCN(c3nc(C)nc4c3CCC4)CC2)ncn1. The lowest BCUT2D eigenvalue weighted by Crippen LogP contribution is -2.47. The molecule has 7 nitrogen and oxygen atoms in total. The number of methoxy groups -OCH3 is 1. The van der Waals surface area contributed by atoms with Gasteiger partial charge in [0.2, 0.25) is 5.88 Å². The topological polar surface area (TPSA) is 67.3 Å². The molecule has 0 spiro atoms. The van der Waals surface area contributed by atoms with Crippen LogP contribution in [0.5, 0.6) is 5.88 Å². The number of hydrogen-bond acceptors (Lipinski definition) is 7. The summed E-state index contributed by atoms with van der Waals surface area (Å²) < 4.78 is 5.32. The number of anilines is 2. The molecule has 5 rings (SSSR count). The molecule has 3 heterocycles. The molecule has 7 heteroatoms. The summed E-state index contributed by atoms with van der Waals surface area (Å²) in [7, 11) is 1.66. The van der Waals surface area contributed by atoms with Gasteiger partial charge in [0, 0.05) is 42.5 Å². The predicted octanol–water partition coefficient (Wildman–Crippen LogP) is 2.71. The van der Waals surface area contributed by atoms with E-state index in [4.69, 9.17) is 9.72 Å². The van der Waals surface area contributed by atoms with Crippen molar-refractivity contribution in [2.24, 2.45) is 0 Å². The van der Waals surface area contributed by atoms with E-state index >= 15 is 0 Å². The normalized spacial score (nSPS) is 19.6. The maximum atomic E-state index is 5.32. The molecule has 148 valence electrons. The molecule has 1 aliphatic heterocycles. The minimum Gasteiger partial charge on any atom is -0.481 e. The van der Waals surface area contributed by atoms with Crippen LogP contribution in [0.15, 0.2) is 12.4 Å². The first-order valence-corrected chi connectivity index (χ1v) is 10.5. The second-order valence-electron chi connectivity index (χ2n) is 8.15. The van der Waals surface area contributed by atoms with E-state index in [1.165, 1.54) is 36.3 Å². The number of rotatable bonds is 5. The Balaban J connectivity index is 1.34. The van der Waals surface area contributed by atoms with Crippen LogP contribution < -0.4 is 14.5 Å². The van der Waals surface area contributed by atoms with Gasteiger partial charge in [-0.3, -0.25) is 0 Å². The number of ether oxygens (including phenoxy) is 1. The molecular formula is C21H28N6O. The molecule has 2 aromatic heterocycles. The van der Waals surface area contributed by atoms with Gasteiger partial charge in [0.05, 0.1) is 7.11 Å². The van der Waals surface area contributed by atoms with Crippen LogP contribution in [0.2, 0.25) is 0 Å². The monoisotopic (exact) mass is 380 g/mol. The maximum Gasteiger partial charge on any atom is 0.218 e. The van der Waals surface area contributed by atoms with E-state index in [1.807, 2.05) is 13.0 Å². The highest BCUT2D eigenvalue weighted by Crippen LogP contribution is 2.37. The summed E-state index contributed by atoms with van der Waals surface area (Å²) in [5, 5.41) is 0. The highest BCUT2D eigenvalue weighted by atomic mass is 16.5. The molecule has 1 saturated carbocycles. The molecule has 0 aromatic carbocycles. The number of aromatic nitrogens is 4. The highest BCUT2D eigenvalue weighted by Gasteiger charge is 2.37. The van der Waals surface area contributed by atoms with Crippen molar-refractivity contribution in [3.8, 4) is 5.88 Å². The predicted molar refractivity (Wildman–Crippen MR) is 108 cm³/mol. The van der Waals surface area contributed by atoms with Gasteiger partial charge >= 0.3 is 0 Å². The van der Waals surface area contributed by atoms with Gasteiger partial charge in [-0.25, -0.2) is 19.9 Å². The van der Waals surface area contributed by atoms with Gasteiger partial charge in [0.25, 0.3) is 0 Å². The first-order valence-electron chi connectivity index (χ1n) is 10.5. The van der Waals surface area contributed by atoms with Crippen molar-refractivity contribution in [1.29, 1.82) is 0 Å². The zero-order valence-electron chi connectivity index (χ0n) is 16.8. The molecule has 28 heavy (non-hydrogen) atoms. The summed E-state index contributed by atoms with van der Waals surface area (Å²) >= 11 is 0. The Morgan fingerprint density at radius 1 is 1.04 bits per heavy atom. The first-order chi connectivity index (χ1) is 13.7. The molecular weight excluding hydrogens is 352 g/mol. The van der Waals surface area contributed by atoms with Crippen LogP contribution in [0.1, 0.15) is 49.2 Å². The van der Waals surface area contributed by atoms with Crippen molar-refractivity contribution in [2.45, 2.75) is 64.0 Å². The van der Waals surface area contributed by atoms with Gasteiger partial charge in [0.15, 0.2) is 0 Å². The largest absolute Gasteiger partial charge is 0.481 e. The molecule has 0 N–H and O–H groups in total. The van der Waals surface area contributed by atoms with Crippen molar-refractivity contribution in [3.05, 3.63) is 29.5 Å². The third-order valence-electron chi connectivity index (χ3n) is 6.22. The van der Waals surface area contributed by atoms with Crippen molar-refractivity contribution in [3.63, 3.8) is 0 Å². The quantitative estimate of drug-likeness (QED) is 0.790. The third-order valence-corrected chi connectivity index (χ3v) is 6.22. The minimum absolute atomic E-state index is 0.513. The zero-order valence-corrected chi connectivity index (χ0v) is 16.8. The summed E-state index contributed by atoms with van der Waals surface area (Å²) in [6.07, 6.45) is 9.82. The van der Waals surface area contributed by atoms with Crippen LogP contribution in [0, 0.1) is 6.92 Å². The standard InChI is InChI=1S/C21H28N6O/c1-14-24-18-5-3-4-17(18)21(25-14)26-10-8-16(9-11-26)27(15-6-7-15)19-12-20(28-2)23-13-22-19/h12-13,15-16H,3-11H2,1-2H3. The van der Waals surface area contributed by atoms with Crippen molar-refractivity contribution in [2.75, 3.05) is 30.0 Å². The van der Waals surface area contributed by atoms with Crippen LogP contribution in [0.4, 0.5) is 11.6 Å². The summed E-state index contributed by atoms with van der Waals surface area (Å²) in [6, 6.07) is 3.10. The van der Waals surface area contributed by atoms with Gasteiger partial charge < -0.3 is 14.5 Å². The van der Waals surface area contributed by atoms with Gasteiger partial charge in [-0.2, -0.15) is 0 Å². The van der Waals surface area contributed by atoms with E-state index in [0.717, 1.165) is 50.4 Å². The van der Waals surface area contributed by atoms with Gasteiger partial charge in [0.1, 0.15) is 23.8 Å². The number of aryl methyl sites for hydroxylation is 2. The Morgan fingerprint density at radius 2 is 1.82 bits per heavy atom. The number of piperidine rings is 1. The molecule has 2 fully saturated rings. The van der Waals surface area contributed by atoms with E-state index in [2.05, 4.69) is 24.8 Å². The lowest BCUT2D eigenvalue weighted by atomic mass is 10.0. The summed E-state index contributed by atoms with van der Waals surface area (Å²) in [6.45, 7) is 4.10. The van der Waals surface area contributed by atoms with Gasteiger partial charge in [-0.05, 0) is 51.9 Å². The van der Waals surface area contributed by atoms with Gasteiger partial charge in [-0.1, -0.05) is 0 Å². The molecule has 0 bridgehead atoms. The zero-order chi connectivity index (χ0) is 19.1. The van der Waals surface area contributed by atoms with Crippen molar-refractivity contribution >= 4 is 11.6 Å². The second-order valence-corrected chi connectivity index (χ2v) is 8.15. The fourth-order valence-electron chi connectivity index (χ4n) is 4.76. The van der Waals surface area contributed by atoms with E-state index in [-0.39, 0.29) is 0 Å². The summed E-state index contributed by atoms with van der Waals surface area (Å²) in [5.41, 5.74) is 2.67. The highest BCUT2D eigenvalue weighted by molar-refractivity contribution is 5.52. The number of fused-ring (bicyclic) bond motifs is 1. The van der Waals surface area contributed by atoms with Crippen LogP contribution in [-0.4, -0.2) is 52.2 Å².